The van der Waals surface area contributed by atoms with Crippen molar-refractivity contribution in [1.29, 1.82) is 0 Å². The van der Waals surface area contributed by atoms with Gasteiger partial charge in [0.15, 0.2) is 0 Å². The summed E-state index contributed by atoms with van der Waals surface area (Å²) in [6.07, 6.45) is 5.65. The number of carbonyl (C=O) groups excluding carboxylic acids is 2. The van der Waals surface area contributed by atoms with Gasteiger partial charge in [0.05, 0.1) is 25.0 Å². The van der Waals surface area contributed by atoms with Gasteiger partial charge in [-0.15, -0.1) is 0 Å². The number of hydrogen-bond donors (Lipinski definition) is 0. The van der Waals surface area contributed by atoms with Crippen LogP contribution in [0.1, 0.15) is 68.2 Å². The van der Waals surface area contributed by atoms with Gasteiger partial charge in [-0.05, 0) is 51.4 Å². The van der Waals surface area contributed by atoms with E-state index in [-0.39, 0.29) is 22.8 Å². The third kappa shape index (κ3) is 7.06. The maximum absolute atomic E-state index is 11.9. The van der Waals surface area contributed by atoms with Gasteiger partial charge in [-0.2, -0.15) is 0 Å². The van der Waals surface area contributed by atoms with E-state index in [4.69, 9.17) is 9.47 Å². The van der Waals surface area contributed by atoms with E-state index < -0.39 is 10.8 Å². The van der Waals surface area contributed by atoms with Crippen LogP contribution in [0.2, 0.25) is 0 Å². The fraction of sp³-hybridized carbons (Fsp3) is 0.800. The second-order valence-electron chi connectivity index (χ2n) is 9.41. The number of methoxy groups -OCH3 is 2. The molecule has 0 amide bonds. The van der Waals surface area contributed by atoms with E-state index in [2.05, 4.69) is 39.8 Å². The van der Waals surface area contributed by atoms with E-state index in [0.29, 0.717) is 12.8 Å². The molecule has 0 aromatic carbocycles. The highest BCUT2D eigenvalue weighted by Gasteiger charge is 2.36. The first-order valence-electron chi connectivity index (χ1n) is 8.46. The Labute approximate surface area is 148 Å². The summed E-state index contributed by atoms with van der Waals surface area (Å²) in [6.45, 7) is 16.0. The van der Waals surface area contributed by atoms with Crippen molar-refractivity contribution in [3.05, 3.63) is 12.2 Å². The molecule has 24 heavy (non-hydrogen) atoms. The summed E-state index contributed by atoms with van der Waals surface area (Å²) in [5.74, 6) is -0.398. The van der Waals surface area contributed by atoms with Crippen LogP contribution < -0.4 is 0 Å². The Morgan fingerprint density at radius 1 is 0.667 bits per heavy atom. The van der Waals surface area contributed by atoms with Crippen LogP contribution in [0.25, 0.3) is 0 Å². The first-order chi connectivity index (χ1) is 10.6. The van der Waals surface area contributed by atoms with Crippen molar-refractivity contribution in [1.82, 2.24) is 0 Å². The first-order valence-corrected chi connectivity index (χ1v) is 8.46. The third-order valence-corrected chi connectivity index (χ3v) is 4.26. The van der Waals surface area contributed by atoms with E-state index in [1.165, 1.54) is 14.2 Å². The number of allylic oxidation sites excluding steroid dienone is 2. The molecule has 0 aliphatic carbocycles. The molecule has 4 heteroatoms. The monoisotopic (exact) mass is 340 g/mol. The van der Waals surface area contributed by atoms with Crippen molar-refractivity contribution in [3.8, 4) is 0 Å². The summed E-state index contributed by atoms with van der Waals surface area (Å²) in [5.41, 5.74) is -1.41. The molecule has 0 radical (unpaired) electrons. The molecule has 0 N–H and O–H groups in total. The van der Waals surface area contributed by atoms with Crippen molar-refractivity contribution in [2.75, 3.05) is 14.2 Å². The standard InChI is InChI=1S/C20H36O4/c1-17(2,13-19(5,6)15(21)23-9)11-12-18(3,4)14-20(7,8)16(22)24-10/h11-12H,13-14H2,1-10H3. The van der Waals surface area contributed by atoms with Crippen LogP contribution in [0.3, 0.4) is 0 Å². The molecule has 0 rings (SSSR count). The zero-order chi connectivity index (χ0) is 19.4. The molecule has 0 bridgehead atoms. The zero-order valence-electron chi connectivity index (χ0n) is 17.2. The summed E-state index contributed by atoms with van der Waals surface area (Å²) in [5, 5.41) is 0. The molecule has 140 valence electrons. The molecule has 0 aliphatic rings. The molecule has 0 aromatic heterocycles. The predicted molar refractivity (Wildman–Crippen MR) is 97.5 cm³/mol. The van der Waals surface area contributed by atoms with Crippen molar-refractivity contribution in [3.63, 3.8) is 0 Å². The molecule has 0 aliphatic heterocycles. The molecule has 0 fully saturated rings. The second-order valence-corrected chi connectivity index (χ2v) is 9.41. The van der Waals surface area contributed by atoms with E-state index in [1.54, 1.807) is 0 Å². The van der Waals surface area contributed by atoms with Gasteiger partial charge in [0.1, 0.15) is 0 Å². The Hall–Kier alpha value is -1.32. The van der Waals surface area contributed by atoms with E-state index in [0.717, 1.165) is 0 Å². The number of ether oxygens (including phenoxy) is 2. The number of carbonyl (C=O) groups is 2. The average molecular weight is 341 g/mol. The van der Waals surface area contributed by atoms with Crippen molar-refractivity contribution in [2.45, 2.75) is 68.2 Å². The molecule has 0 unspecified atom stereocenters. The molecule has 0 saturated carbocycles. The van der Waals surface area contributed by atoms with Gasteiger partial charge in [0, 0.05) is 0 Å². The molecule has 4 nitrogen and oxygen atoms in total. The quantitative estimate of drug-likeness (QED) is 0.471. The van der Waals surface area contributed by atoms with Crippen molar-refractivity contribution < 1.29 is 19.1 Å². The highest BCUT2D eigenvalue weighted by atomic mass is 16.5. The lowest BCUT2D eigenvalue weighted by Crippen LogP contribution is -2.32. The lowest BCUT2D eigenvalue weighted by atomic mass is 9.71. The highest BCUT2D eigenvalue weighted by Crippen LogP contribution is 2.39. The normalized spacial score (nSPS) is 13.9. The van der Waals surface area contributed by atoms with Gasteiger partial charge in [-0.1, -0.05) is 39.8 Å². The summed E-state index contributed by atoms with van der Waals surface area (Å²) in [4.78, 5) is 23.8. The van der Waals surface area contributed by atoms with Crippen LogP contribution in [-0.4, -0.2) is 26.2 Å². The third-order valence-electron chi connectivity index (χ3n) is 4.26. The Morgan fingerprint density at radius 3 is 1.12 bits per heavy atom. The summed E-state index contributed by atoms with van der Waals surface area (Å²) < 4.78 is 9.79. The van der Waals surface area contributed by atoms with Gasteiger partial charge in [0.2, 0.25) is 0 Å². The SMILES string of the molecule is COC(=O)C(C)(C)CC(C)(C)C=CC(C)(C)CC(C)(C)C(=O)OC. The summed E-state index contributed by atoms with van der Waals surface area (Å²) in [7, 11) is 2.84. The highest BCUT2D eigenvalue weighted by molar-refractivity contribution is 5.76. The minimum Gasteiger partial charge on any atom is -0.469 e. The summed E-state index contributed by atoms with van der Waals surface area (Å²) in [6, 6.07) is 0. The predicted octanol–water partition coefficient (Wildman–Crippen LogP) is 4.77. The maximum atomic E-state index is 11.9. The van der Waals surface area contributed by atoms with E-state index in [1.807, 2.05) is 27.7 Å². The zero-order valence-corrected chi connectivity index (χ0v) is 17.2. The topological polar surface area (TPSA) is 52.6 Å². The molecular formula is C20H36O4. The van der Waals surface area contributed by atoms with E-state index >= 15 is 0 Å². The van der Waals surface area contributed by atoms with Crippen LogP contribution in [0, 0.1) is 21.7 Å². The molecular weight excluding hydrogens is 304 g/mol. The van der Waals surface area contributed by atoms with Gasteiger partial charge in [-0.3, -0.25) is 9.59 Å². The van der Waals surface area contributed by atoms with Gasteiger partial charge < -0.3 is 9.47 Å². The van der Waals surface area contributed by atoms with Crippen LogP contribution in [0.4, 0.5) is 0 Å². The lowest BCUT2D eigenvalue weighted by Gasteiger charge is -2.34. The Bertz CT molecular complexity index is 438. The number of rotatable bonds is 8. The van der Waals surface area contributed by atoms with Gasteiger partial charge >= 0.3 is 11.9 Å². The minimum absolute atomic E-state index is 0.162. The Balaban J connectivity index is 5.14. The maximum Gasteiger partial charge on any atom is 0.311 e. The van der Waals surface area contributed by atoms with Crippen molar-refractivity contribution in [2.24, 2.45) is 21.7 Å². The fourth-order valence-corrected chi connectivity index (χ4v) is 3.54. The van der Waals surface area contributed by atoms with E-state index in [9.17, 15) is 9.59 Å². The number of hydrogen-bond acceptors (Lipinski definition) is 4. The van der Waals surface area contributed by atoms with Crippen LogP contribution in [0.15, 0.2) is 12.2 Å². The average Bonchev–Trinajstić information content (AvgIpc) is 2.41. The van der Waals surface area contributed by atoms with Crippen molar-refractivity contribution >= 4 is 11.9 Å². The molecule has 0 aromatic rings. The Kier molecular flexibility index (Phi) is 7.29. The molecule has 0 spiro atoms. The van der Waals surface area contributed by atoms with Crippen LogP contribution in [-0.2, 0) is 19.1 Å². The molecule has 0 atom stereocenters. The summed E-state index contributed by atoms with van der Waals surface area (Å²) >= 11 is 0. The lowest BCUT2D eigenvalue weighted by molar-refractivity contribution is -0.153. The van der Waals surface area contributed by atoms with Gasteiger partial charge in [0.25, 0.3) is 0 Å². The second kappa shape index (κ2) is 7.71. The van der Waals surface area contributed by atoms with Crippen LogP contribution >= 0.6 is 0 Å². The van der Waals surface area contributed by atoms with Crippen LogP contribution in [0.5, 0.6) is 0 Å². The molecule has 0 saturated heterocycles. The first kappa shape index (κ1) is 22.7. The molecule has 0 heterocycles. The Morgan fingerprint density at radius 2 is 0.917 bits per heavy atom. The fourth-order valence-electron chi connectivity index (χ4n) is 3.54. The minimum atomic E-state index is -0.544. The van der Waals surface area contributed by atoms with Gasteiger partial charge in [-0.25, -0.2) is 0 Å². The smallest absolute Gasteiger partial charge is 0.311 e. The number of esters is 2. The largest absolute Gasteiger partial charge is 0.469 e.